The predicted molar refractivity (Wildman–Crippen MR) is 67.8 cm³/mol. The van der Waals surface area contributed by atoms with Crippen molar-refractivity contribution in [1.82, 2.24) is 0 Å². The molecule has 0 N–H and O–H groups in total. The van der Waals surface area contributed by atoms with Crippen LogP contribution in [0.5, 0.6) is 5.75 Å². The molecular weight excluding hydrogens is 230 g/mol. The van der Waals surface area contributed by atoms with Gasteiger partial charge in [-0.1, -0.05) is 18.7 Å². The maximum absolute atomic E-state index is 10.6. The molecule has 1 heterocycles. The van der Waals surface area contributed by atoms with E-state index >= 15 is 0 Å². The van der Waals surface area contributed by atoms with Crippen LogP contribution < -0.4 is 9.84 Å². The fraction of sp³-hybridized carbons (Fsp3) is 0.357. The summed E-state index contributed by atoms with van der Waals surface area (Å²) >= 11 is 0. The summed E-state index contributed by atoms with van der Waals surface area (Å²) in [4.78, 5) is 0. The van der Waals surface area contributed by atoms with Gasteiger partial charge in [-0.3, -0.25) is 0 Å². The van der Waals surface area contributed by atoms with Gasteiger partial charge >= 0.3 is 5.90 Å². The third-order valence-corrected chi connectivity index (χ3v) is 2.80. The lowest BCUT2D eigenvalue weighted by Gasteiger charge is -2.01. The van der Waals surface area contributed by atoms with Gasteiger partial charge in [0.2, 0.25) is 0 Å². The molecule has 4 heteroatoms. The molecule has 2 rings (SSSR count). The first-order valence-corrected chi connectivity index (χ1v) is 5.98. The molecule has 18 heavy (non-hydrogen) atoms. The van der Waals surface area contributed by atoms with Gasteiger partial charge < -0.3 is 14.6 Å². The van der Waals surface area contributed by atoms with Crippen molar-refractivity contribution in [3.05, 3.63) is 35.9 Å². The lowest BCUT2D eigenvalue weighted by molar-refractivity contribution is -0.549. The average molecular weight is 247 g/mol. The molecule has 0 saturated carbocycles. The number of nitrogens with zero attached hydrogens (tertiary/aromatic N) is 1. The largest absolute Gasteiger partial charge is 0.850 e. The van der Waals surface area contributed by atoms with E-state index in [0.717, 1.165) is 23.8 Å². The third-order valence-electron chi connectivity index (χ3n) is 2.80. The van der Waals surface area contributed by atoms with Crippen LogP contribution in [0.25, 0.3) is 6.08 Å². The minimum Gasteiger partial charge on any atom is -0.850 e. The van der Waals surface area contributed by atoms with Crippen LogP contribution in [0.4, 0.5) is 0 Å². The van der Waals surface area contributed by atoms with Crippen LogP contribution in [-0.2, 0) is 4.74 Å². The first kappa shape index (κ1) is 12.6. The van der Waals surface area contributed by atoms with Crippen LogP contribution in [0, 0.1) is 0 Å². The minimum absolute atomic E-state index is 0.111. The van der Waals surface area contributed by atoms with Crippen molar-refractivity contribution < 1.29 is 19.2 Å². The number of hydrogen-bond donors (Lipinski definition) is 0. The van der Waals surface area contributed by atoms with E-state index in [9.17, 15) is 5.11 Å². The molecule has 0 radical (unpaired) electrons. The van der Waals surface area contributed by atoms with Crippen molar-refractivity contribution in [2.45, 2.75) is 0 Å². The molecule has 0 aromatic heterocycles. The molecule has 0 unspecified atom stereocenters. The molecule has 0 atom stereocenters. The van der Waals surface area contributed by atoms with Crippen molar-refractivity contribution in [3.8, 4) is 5.75 Å². The van der Waals surface area contributed by atoms with Gasteiger partial charge in [0.1, 0.15) is 12.3 Å². The first-order valence-electron chi connectivity index (χ1n) is 5.98. The molecule has 0 amide bonds. The Balaban J connectivity index is 2.12. The van der Waals surface area contributed by atoms with Crippen molar-refractivity contribution in [1.29, 1.82) is 0 Å². The zero-order valence-corrected chi connectivity index (χ0v) is 10.5. The Kier molecular flexibility index (Phi) is 4.36. The van der Waals surface area contributed by atoms with E-state index < -0.39 is 0 Å². The van der Waals surface area contributed by atoms with Crippen LogP contribution in [0.2, 0.25) is 0 Å². The first-order chi connectivity index (χ1) is 8.83. The zero-order valence-electron chi connectivity index (χ0n) is 10.5. The van der Waals surface area contributed by atoms with Crippen LogP contribution in [0.15, 0.2) is 30.3 Å². The number of hydrogen-bond acceptors (Lipinski definition) is 3. The molecule has 1 aliphatic rings. The maximum Gasteiger partial charge on any atom is 0.362 e. The Bertz CT molecular complexity index is 466. The molecule has 4 nitrogen and oxygen atoms in total. The van der Waals surface area contributed by atoms with Gasteiger partial charge in [-0.2, -0.15) is 4.58 Å². The molecule has 1 aromatic rings. The van der Waals surface area contributed by atoms with Gasteiger partial charge in [-0.15, -0.1) is 0 Å². The van der Waals surface area contributed by atoms with E-state index in [1.807, 2.05) is 41.0 Å². The molecule has 0 bridgehead atoms. The quantitative estimate of drug-likeness (QED) is 0.712. The Morgan fingerprint density at radius 1 is 1.44 bits per heavy atom. The van der Waals surface area contributed by atoms with Gasteiger partial charge in [0.05, 0.1) is 13.2 Å². The maximum atomic E-state index is 10.6. The summed E-state index contributed by atoms with van der Waals surface area (Å²) in [5.74, 6) is 1.60. The minimum atomic E-state index is -0.111. The molecular formula is C14H17NO3. The molecule has 1 aromatic carbocycles. The number of benzene rings is 1. The highest BCUT2D eigenvalue weighted by Crippen LogP contribution is 2.13. The highest BCUT2D eigenvalue weighted by atomic mass is 16.5. The highest BCUT2D eigenvalue weighted by Gasteiger charge is 2.19. The SMILES string of the molecule is COc1cccc(/C=C/C2=[N+](CC[O-])CCO2)c1. The molecule has 96 valence electrons. The fourth-order valence-corrected chi connectivity index (χ4v) is 1.86. The Morgan fingerprint density at radius 3 is 3.11 bits per heavy atom. The van der Waals surface area contributed by atoms with Crippen LogP contribution in [0.1, 0.15) is 5.56 Å². The molecule has 0 aliphatic carbocycles. The number of rotatable bonds is 5. The summed E-state index contributed by atoms with van der Waals surface area (Å²) in [5.41, 5.74) is 1.04. The Hall–Kier alpha value is -1.81. The van der Waals surface area contributed by atoms with Gasteiger partial charge in [0.25, 0.3) is 0 Å². The molecule has 0 fully saturated rings. The second-order valence-electron chi connectivity index (χ2n) is 3.99. The smallest absolute Gasteiger partial charge is 0.362 e. The summed E-state index contributed by atoms with van der Waals surface area (Å²) in [6.07, 6.45) is 3.86. The fourth-order valence-electron chi connectivity index (χ4n) is 1.86. The number of ether oxygens (including phenoxy) is 2. The summed E-state index contributed by atoms with van der Waals surface area (Å²) in [7, 11) is 1.65. The lowest BCUT2D eigenvalue weighted by atomic mass is 10.2. The van der Waals surface area contributed by atoms with Crippen molar-refractivity contribution >= 4 is 12.0 Å². The van der Waals surface area contributed by atoms with E-state index in [2.05, 4.69) is 0 Å². The van der Waals surface area contributed by atoms with Crippen molar-refractivity contribution in [3.63, 3.8) is 0 Å². The summed E-state index contributed by atoms with van der Waals surface area (Å²) in [6, 6.07) is 7.78. The molecule has 1 aliphatic heterocycles. The van der Waals surface area contributed by atoms with Gasteiger partial charge in [0.15, 0.2) is 13.2 Å². The van der Waals surface area contributed by atoms with E-state index in [-0.39, 0.29) is 6.61 Å². The van der Waals surface area contributed by atoms with Crippen LogP contribution in [-0.4, -0.2) is 43.9 Å². The summed E-state index contributed by atoms with van der Waals surface area (Å²) in [6.45, 7) is 1.83. The summed E-state index contributed by atoms with van der Waals surface area (Å²) in [5, 5.41) is 10.6. The average Bonchev–Trinajstić information content (AvgIpc) is 2.85. The van der Waals surface area contributed by atoms with E-state index in [1.54, 1.807) is 7.11 Å². The second-order valence-corrected chi connectivity index (χ2v) is 3.99. The second kappa shape index (κ2) is 6.21. The van der Waals surface area contributed by atoms with Gasteiger partial charge in [-0.25, -0.2) is 0 Å². The Morgan fingerprint density at radius 2 is 2.33 bits per heavy atom. The standard InChI is InChI=1S/C14H17NO3/c1-17-13-4-2-3-12(11-13)5-6-14-15(7-9-16)8-10-18-14/h2-6,11H,7-10H2,1H3/b6-5+. The van der Waals surface area contributed by atoms with Gasteiger partial charge in [-0.05, 0) is 23.8 Å². The van der Waals surface area contributed by atoms with E-state index in [1.165, 1.54) is 0 Å². The van der Waals surface area contributed by atoms with E-state index in [0.29, 0.717) is 13.2 Å². The summed E-state index contributed by atoms with van der Waals surface area (Å²) < 4.78 is 12.6. The zero-order chi connectivity index (χ0) is 12.8. The lowest BCUT2D eigenvalue weighted by Crippen LogP contribution is -2.24. The number of methoxy groups -OCH3 is 1. The highest BCUT2D eigenvalue weighted by molar-refractivity contribution is 5.88. The molecule has 0 spiro atoms. The normalized spacial score (nSPS) is 15.2. The topological polar surface area (TPSA) is 44.5 Å². The van der Waals surface area contributed by atoms with Crippen molar-refractivity contribution in [2.24, 2.45) is 0 Å². The monoisotopic (exact) mass is 247 g/mol. The van der Waals surface area contributed by atoms with Gasteiger partial charge in [0, 0.05) is 0 Å². The third kappa shape index (κ3) is 3.11. The van der Waals surface area contributed by atoms with E-state index in [4.69, 9.17) is 9.47 Å². The molecule has 0 saturated heterocycles. The van der Waals surface area contributed by atoms with Crippen molar-refractivity contribution in [2.75, 3.05) is 33.4 Å². The predicted octanol–water partition coefficient (Wildman–Crippen LogP) is 0.510. The Labute approximate surface area is 107 Å². The van der Waals surface area contributed by atoms with Crippen LogP contribution >= 0.6 is 0 Å². The van der Waals surface area contributed by atoms with Crippen LogP contribution in [0.3, 0.4) is 0 Å².